The molecule has 0 aliphatic heterocycles. The lowest BCUT2D eigenvalue weighted by molar-refractivity contribution is -0.0654. The van der Waals surface area contributed by atoms with Gasteiger partial charge in [-0.25, -0.2) is 0 Å². The molecule has 138 valence electrons. The first-order valence-corrected chi connectivity index (χ1v) is 9.58. The molecule has 2 aliphatic rings. The monoisotopic (exact) mass is 347 g/mol. The molecule has 2 saturated carbocycles. The molecule has 0 saturated heterocycles. The van der Waals surface area contributed by atoms with Crippen LogP contribution in [0.25, 0.3) is 0 Å². The van der Waals surface area contributed by atoms with Crippen molar-refractivity contribution in [2.45, 2.75) is 89.8 Å². The van der Waals surface area contributed by atoms with E-state index in [1.165, 1.54) is 64.2 Å². The Balaban J connectivity index is 0.00000264. The number of hydrogen-bond donors (Lipinski definition) is 2. The van der Waals surface area contributed by atoms with Gasteiger partial charge in [0.1, 0.15) is 0 Å². The topological polar surface area (TPSA) is 43.7 Å². The minimum Gasteiger partial charge on any atom is -0.389 e. The summed E-state index contributed by atoms with van der Waals surface area (Å²) < 4.78 is 0. The normalized spacial score (nSPS) is 22.8. The molecule has 2 fully saturated rings. The molecule has 0 aromatic carbocycles. The van der Waals surface area contributed by atoms with Gasteiger partial charge < -0.3 is 15.1 Å². The minimum absolute atomic E-state index is 0. The zero-order chi connectivity index (χ0) is 16.0. The Kier molecular flexibility index (Phi) is 9.43. The van der Waals surface area contributed by atoms with Crippen LogP contribution in [0.3, 0.4) is 0 Å². The number of hydrogen-bond acceptors (Lipinski definition) is 3. The second kappa shape index (κ2) is 10.2. The molecule has 2 rings (SSSR count). The third-order valence-electron chi connectivity index (χ3n) is 5.73. The highest BCUT2D eigenvalue weighted by molar-refractivity contribution is 5.85. The van der Waals surface area contributed by atoms with E-state index < -0.39 is 11.7 Å². The zero-order valence-corrected chi connectivity index (χ0v) is 16.0. The lowest BCUT2D eigenvalue weighted by Gasteiger charge is -2.36. The summed E-state index contributed by atoms with van der Waals surface area (Å²) in [6.07, 6.45) is 13.0. The van der Waals surface area contributed by atoms with Crippen LogP contribution in [-0.4, -0.2) is 46.5 Å². The lowest BCUT2D eigenvalue weighted by Crippen LogP contribution is -2.47. The van der Waals surface area contributed by atoms with Crippen molar-refractivity contribution >= 4 is 12.4 Å². The molecule has 1 unspecified atom stereocenters. The van der Waals surface area contributed by atoms with Crippen molar-refractivity contribution in [3.8, 4) is 0 Å². The van der Waals surface area contributed by atoms with Crippen LogP contribution in [0, 0.1) is 11.8 Å². The summed E-state index contributed by atoms with van der Waals surface area (Å²) in [7, 11) is 0. The molecule has 2 aliphatic carbocycles. The summed E-state index contributed by atoms with van der Waals surface area (Å²) in [5.74, 6) is 1.60. The molecule has 3 nitrogen and oxygen atoms in total. The smallest absolute Gasteiger partial charge is 0.0948 e. The van der Waals surface area contributed by atoms with Crippen LogP contribution in [0.2, 0.25) is 0 Å². The second-order valence-electron chi connectivity index (χ2n) is 8.40. The molecule has 0 heterocycles. The van der Waals surface area contributed by atoms with Gasteiger partial charge in [-0.1, -0.05) is 38.5 Å². The maximum absolute atomic E-state index is 10.3. The predicted molar refractivity (Wildman–Crippen MR) is 99.1 cm³/mol. The molecular formula is C19H38ClNO2. The van der Waals surface area contributed by atoms with Gasteiger partial charge in [0.25, 0.3) is 0 Å². The van der Waals surface area contributed by atoms with Crippen LogP contribution < -0.4 is 0 Å². The van der Waals surface area contributed by atoms with Crippen molar-refractivity contribution in [1.82, 2.24) is 4.90 Å². The number of rotatable bonds is 7. The molecule has 0 amide bonds. The van der Waals surface area contributed by atoms with Gasteiger partial charge in [0, 0.05) is 19.6 Å². The van der Waals surface area contributed by atoms with Crippen molar-refractivity contribution < 1.29 is 10.2 Å². The lowest BCUT2D eigenvalue weighted by atomic mass is 9.86. The van der Waals surface area contributed by atoms with Gasteiger partial charge in [-0.2, -0.15) is 0 Å². The largest absolute Gasteiger partial charge is 0.389 e. The van der Waals surface area contributed by atoms with Crippen LogP contribution in [0.4, 0.5) is 0 Å². The number of halogens is 1. The Bertz CT molecular complexity index is 287. The minimum atomic E-state index is -1.00. The van der Waals surface area contributed by atoms with E-state index in [0.717, 1.165) is 24.9 Å². The highest BCUT2D eigenvalue weighted by atomic mass is 35.5. The Labute approximate surface area is 149 Å². The molecule has 0 aromatic heterocycles. The standard InChI is InChI=1S/C19H37NO2.ClH/c1-19(2,22)18(21)15-20(13-16-9-5-3-6-10-16)14-17-11-7-4-8-12-17;/h16-18,21-22H,3-15H2,1-2H3;1H. The second-order valence-corrected chi connectivity index (χ2v) is 8.40. The molecule has 2 N–H and O–H groups in total. The van der Waals surface area contributed by atoms with Gasteiger partial charge in [-0.05, 0) is 51.4 Å². The van der Waals surface area contributed by atoms with Gasteiger partial charge >= 0.3 is 0 Å². The fourth-order valence-electron chi connectivity index (χ4n) is 4.16. The first-order valence-electron chi connectivity index (χ1n) is 9.58. The third-order valence-corrected chi connectivity index (χ3v) is 5.73. The first kappa shape index (κ1) is 21.2. The van der Waals surface area contributed by atoms with Crippen LogP contribution >= 0.6 is 12.4 Å². The van der Waals surface area contributed by atoms with Crippen molar-refractivity contribution in [1.29, 1.82) is 0 Å². The van der Waals surface area contributed by atoms with Crippen LogP contribution in [0.1, 0.15) is 78.1 Å². The average molecular weight is 348 g/mol. The average Bonchev–Trinajstić information content (AvgIpc) is 2.48. The van der Waals surface area contributed by atoms with E-state index in [4.69, 9.17) is 0 Å². The van der Waals surface area contributed by atoms with Crippen LogP contribution in [0.15, 0.2) is 0 Å². The molecule has 4 heteroatoms. The van der Waals surface area contributed by atoms with Crippen LogP contribution in [-0.2, 0) is 0 Å². The molecular weight excluding hydrogens is 310 g/mol. The fourth-order valence-corrected chi connectivity index (χ4v) is 4.16. The maximum Gasteiger partial charge on any atom is 0.0948 e. The summed E-state index contributed by atoms with van der Waals surface area (Å²) in [6, 6.07) is 0. The quantitative estimate of drug-likeness (QED) is 0.731. The van der Waals surface area contributed by atoms with Gasteiger partial charge in [-0.3, -0.25) is 0 Å². The number of nitrogens with zero attached hydrogens (tertiary/aromatic N) is 1. The molecule has 23 heavy (non-hydrogen) atoms. The Morgan fingerprint density at radius 1 is 0.870 bits per heavy atom. The van der Waals surface area contributed by atoms with Crippen LogP contribution in [0.5, 0.6) is 0 Å². The van der Waals surface area contributed by atoms with E-state index in [9.17, 15) is 10.2 Å². The molecule has 0 bridgehead atoms. The summed E-state index contributed by atoms with van der Waals surface area (Å²) in [6.45, 7) is 6.29. The summed E-state index contributed by atoms with van der Waals surface area (Å²) in [4.78, 5) is 2.47. The van der Waals surface area contributed by atoms with Gasteiger partial charge in [0.2, 0.25) is 0 Å². The highest BCUT2D eigenvalue weighted by Gasteiger charge is 2.29. The summed E-state index contributed by atoms with van der Waals surface area (Å²) in [5.41, 5.74) is -1.00. The summed E-state index contributed by atoms with van der Waals surface area (Å²) >= 11 is 0. The molecule has 0 radical (unpaired) electrons. The maximum atomic E-state index is 10.3. The SMILES string of the molecule is CC(C)(O)C(O)CN(CC1CCCCC1)CC1CCCCC1.Cl. The van der Waals surface area contributed by atoms with Gasteiger partial charge in [0.15, 0.2) is 0 Å². The third kappa shape index (κ3) is 7.72. The number of aliphatic hydroxyl groups excluding tert-OH is 1. The Hall–Kier alpha value is 0.170. The summed E-state index contributed by atoms with van der Waals surface area (Å²) in [5, 5.41) is 20.4. The van der Waals surface area contributed by atoms with E-state index in [1.807, 2.05) is 0 Å². The van der Waals surface area contributed by atoms with Crippen molar-refractivity contribution in [3.63, 3.8) is 0 Å². The van der Waals surface area contributed by atoms with E-state index in [-0.39, 0.29) is 12.4 Å². The Morgan fingerprint density at radius 3 is 1.61 bits per heavy atom. The fraction of sp³-hybridized carbons (Fsp3) is 1.00. The molecule has 0 spiro atoms. The number of aliphatic hydroxyl groups is 2. The van der Waals surface area contributed by atoms with E-state index in [2.05, 4.69) is 4.90 Å². The van der Waals surface area contributed by atoms with E-state index in [0.29, 0.717) is 6.54 Å². The van der Waals surface area contributed by atoms with E-state index in [1.54, 1.807) is 13.8 Å². The zero-order valence-electron chi connectivity index (χ0n) is 15.2. The van der Waals surface area contributed by atoms with Gasteiger partial charge in [0.05, 0.1) is 11.7 Å². The first-order chi connectivity index (χ1) is 10.4. The van der Waals surface area contributed by atoms with Gasteiger partial charge in [-0.15, -0.1) is 12.4 Å². The predicted octanol–water partition coefficient (Wildman–Crippen LogP) is 4.00. The highest BCUT2D eigenvalue weighted by Crippen LogP contribution is 2.28. The molecule has 0 aromatic rings. The van der Waals surface area contributed by atoms with Crippen molar-refractivity contribution in [3.05, 3.63) is 0 Å². The van der Waals surface area contributed by atoms with Crippen molar-refractivity contribution in [2.75, 3.05) is 19.6 Å². The molecule has 1 atom stereocenters. The Morgan fingerprint density at radius 2 is 1.26 bits per heavy atom. The van der Waals surface area contributed by atoms with E-state index >= 15 is 0 Å². The van der Waals surface area contributed by atoms with Crippen molar-refractivity contribution in [2.24, 2.45) is 11.8 Å².